The third kappa shape index (κ3) is 6.82. The number of alkyl carbamates (subject to hydrolysis) is 1. The Balaban J connectivity index is 2.32. The van der Waals surface area contributed by atoms with Crippen molar-refractivity contribution in [3.8, 4) is 5.88 Å². The van der Waals surface area contributed by atoms with E-state index in [9.17, 15) is 18.0 Å². The molecular weight excluding hydrogens is 289 g/mol. The van der Waals surface area contributed by atoms with Crippen LogP contribution in [0.15, 0.2) is 18.3 Å². The molecule has 21 heavy (non-hydrogen) atoms. The van der Waals surface area contributed by atoms with Crippen LogP contribution in [0.3, 0.4) is 0 Å². The second-order valence-electron chi connectivity index (χ2n) is 5.16. The molecule has 0 fully saturated rings. The fourth-order valence-electron chi connectivity index (χ4n) is 1.26. The van der Waals surface area contributed by atoms with Gasteiger partial charge in [-0.3, -0.25) is 0 Å². The monoisotopic (exact) mass is 306 g/mol. The van der Waals surface area contributed by atoms with E-state index in [4.69, 9.17) is 9.47 Å². The third-order valence-electron chi connectivity index (χ3n) is 2.08. The molecular formula is C13H17F3N2O3. The van der Waals surface area contributed by atoms with Gasteiger partial charge in [0.05, 0.1) is 12.1 Å². The Bertz CT molecular complexity index is 467. The fraction of sp³-hybridized carbons (Fsp3) is 0.538. The van der Waals surface area contributed by atoms with Crippen molar-refractivity contribution in [2.75, 3.05) is 13.2 Å². The van der Waals surface area contributed by atoms with Crippen LogP contribution in [-0.4, -0.2) is 29.8 Å². The van der Waals surface area contributed by atoms with Gasteiger partial charge in [-0.05, 0) is 26.8 Å². The smallest absolute Gasteiger partial charge is 0.417 e. The average Bonchev–Trinajstić information content (AvgIpc) is 2.32. The van der Waals surface area contributed by atoms with Gasteiger partial charge < -0.3 is 14.8 Å². The van der Waals surface area contributed by atoms with Crippen LogP contribution in [0, 0.1) is 0 Å². The molecule has 0 saturated heterocycles. The molecule has 5 nitrogen and oxygen atoms in total. The Morgan fingerprint density at radius 3 is 2.43 bits per heavy atom. The quantitative estimate of drug-likeness (QED) is 0.869. The van der Waals surface area contributed by atoms with Gasteiger partial charge in [-0.2, -0.15) is 13.2 Å². The van der Waals surface area contributed by atoms with Crippen LogP contribution >= 0.6 is 0 Å². The van der Waals surface area contributed by atoms with E-state index in [-0.39, 0.29) is 19.0 Å². The standard InChI is InChI=1S/C13H17F3N2O3/c1-12(2,3)21-11(19)17-6-7-20-10-5-4-9(8-18-10)13(14,15)16/h4-5,8H,6-7H2,1-3H3,(H,17,19). The Labute approximate surface area is 120 Å². The lowest BCUT2D eigenvalue weighted by Gasteiger charge is -2.19. The number of nitrogens with one attached hydrogen (secondary N) is 1. The summed E-state index contributed by atoms with van der Waals surface area (Å²) in [6.07, 6.45) is -4.33. The zero-order valence-electron chi connectivity index (χ0n) is 12.0. The molecule has 1 amide bonds. The lowest BCUT2D eigenvalue weighted by atomic mass is 10.2. The maximum Gasteiger partial charge on any atom is 0.417 e. The normalized spacial score (nSPS) is 11.9. The molecule has 0 unspecified atom stereocenters. The van der Waals surface area contributed by atoms with Gasteiger partial charge in [0.15, 0.2) is 0 Å². The van der Waals surface area contributed by atoms with Gasteiger partial charge in [0.1, 0.15) is 12.2 Å². The minimum absolute atomic E-state index is 0.0500. The van der Waals surface area contributed by atoms with Crippen molar-refractivity contribution < 1.29 is 27.4 Å². The number of carbonyl (C=O) groups excluding carboxylic acids is 1. The van der Waals surface area contributed by atoms with E-state index in [1.807, 2.05) is 0 Å². The highest BCUT2D eigenvalue weighted by atomic mass is 19.4. The first kappa shape index (κ1) is 17.1. The molecule has 1 aromatic heterocycles. The highest BCUT2D eigenvalue weighted by Gasteiger charge is 2.30. The Kier molecular flexibility index (Phi) is 5.40. The fourth-order valence-corrected chi connectivity index (χ4v) is 1.26. The maximum atomic E-state index is 12.3. The van der Waals surface area contributed by atoms with Gasteiger partial charge in [0, 0.05) is 12.3 Å². The lowest BCUT2D eigenvalue weighted by molar-refractivity contribution is -0.137. The summed E-state index contributed by atoms with van der Waals surface area (Å²) < 4.78 is 47.0. The molecule has 0 bridgehead atoms. The summed E-state index contributed by atoms with van der Waals surface area (Å²) in [6, 6.07) is 2.00. The van der Waals surface area contributed by atoms with E-state index in [0.29, 0.717) is 6.20 Å². The average molecular weight is 306 g/mol. The summed E-state index contributed by atoms with van der Waals surface area (Å²) >= 11 is 0. The number of pyridine rings is 1. The van der Waals surface area contributed by atoms with Crippen molar-refractivity contribution in [1.29, 1.82) is 0 Å². The van der Waals surface area contributed by atoms with Crippen molar-refractivity contribution in [3.05, 3.63) is 23.9 Å². The molecule has 1 rings (SSSR count). The number of amides is 1. The van der Waals surface area contributed by atoms with E-state index >= 15 is 0 Å². The molecule has 0 radical (unpaired) electrons. The van der Waals surface area contributed by atoms with Crippen LogP contribution in [0.2, 0.25) is 0 Å². The van der Waals surface area contributed by atoms with E-state index in [1.165, 1.54) is 0 Å². The zero-order valence-corrected chi connectivity index (χ0v) is 12.0. The number of halogens is 3. The molecule has 1 aromatic rings. The number of rotatable bonds is 4. The molecule has 0 aliphatic carbocycles. The number of nitrogens with zero attached hydrogens (tertiary/aromatic N) is 1. The van der Waals surface area contributed by atoms with Crippen LogP contribution in [0.1, 0.15) is 26.3 Å². The molecule has 118 valence electrons. The highest BCUT2D eigenvalue weighted by molar-refractivity contribution is 5.67. The summed E-state index contributed by atoms with van der Waals surface area (Å²) in [4.78, 5) is 14.8. The molecule has 0 aliphatic heterocycles. The molecule has 0 atom stereocenters. The first-order valence-electron chi connectivity index (χ1n) is 6.21. The Morgan fingerprint density at radius 2 is 1.95 bits per heavy atom. The van der Waals surface area contributed by atoms with Gasteiger partial charge in [-0.25, -0.2) is 9.78 Å². The predicted octanol–water partition coefficient (Wildman–Crippen LogP) is 3.00. The van der Waals surface area contributed by atoms with E-state index in [0.717, 1.165) is 12.1 Å². The molecule has 0 saturated carbocycles. The SMILES string of the molecule is CC(C)(C)OC(=O)NCCOc1ccc(C(F)(F)F)cn1. The number of ether oxygens (including phenoxy) is 2. The van der Waals surface area contributed by atoms with Crippen LogP contribution in [0.25, 0.3) is 0 Å². The summed E-state index contributed by atoms with van der Waals surface area (Å²) in [5.41, 5.74) is -1.44. The van der Waals surface area contributed by atoms with Crippen LogP contribution in [-0.2, 0) is 10.9 Å². The lowest BCUT2D eigenvalue weighted by Crippen LogP contribution is -2.34. The van der Waals surface area contributed by atoms with E-state index in [1.54, 1.807) is 20.8 Å². The Hall–Kier alpha value is -1.99. The first-order chi connectivity index (χ1) is 9.58. The van der Waals surface area contributed by atoms with Crippen molar-refractivity contribution >= 4 is 6.09 Å². The van der Waals surface area contributed by atoms with E-state index in [2.05, 4.69) is 10.3 Å². The van der Waals surface area contributed by atoms with Crippen molar-refractivity contribution in [3.63, 3.8) is 0 Å². The summed E-state index contributed by atoms with van der Waals surface area (Å²) in [5, 5.41) is 2.45. The summed E-state index contributed by atoms with van der Waals surface area (Å²) in [6.45, 7) is 5.41. The first-order valence-corrected chi connectivity index (χ1v) is 6.21. The topological polar surface area (TPSA) is 60.5 Å². The summed E-state index contributed by atoms with van der Waals surface area (Å²) in [5.74, 6) is 0.0500. The number of hydrogen-bond donors (Lipinski definition) is 1. The number of alkyl halides is 3. The predicted molar refractivity (Wildman–Crippen MR) is 69.0 cm³/mol. The molecule has 1 heterocycles. The van der Waals surface area contributed by atoms with Crippen molar-refractivity contribution in [2.45, 2.75) is 32.5 Å². The number of aromatic nitrogens is 1. The van der Waals surface area contributed by atoms with Gasteiger partial charge in [-0.15, -0.1) is 0 Å². The minimum atomic E-state index is -4.43. The Morgan fingerprint density at radius 1 is 1.29 bits per heavy atom. The van der Waals surface area contributed by atoms with Gasteiger partial charge in [0.25, 0.3) is 0 Å². The van der Waals surface area contributed by atoms with Crippen LogP contribution < -0.4 is 10.1 Å². The largest absolute Gasteiger partial charge is 0.476 e. The van der Waals surface area contributed by atoms with Gasteiger partial charge in [0.2, 0.25) is 5.88 Å². The molecule has 0 aliphatic rings. The molecule has 8 heteroatoms. The third-order valence-corrected chi connectivity index (χ3v) is 2.08. The second kappa shape index (κ2) is 6.64. The summed E-state index contributed by atoms with van der Waals surface area (Å²) in [7, 11) is 0. The van der Waals surface area contributed by atoms with Crippen molar-refractivity contribution in [2.24, 2.45) is 0 Å². The van der Waals surface area contributed by atoms with Gasteiger partial charge >= 0.3 is 12.3 Å². The molecule has 0 aromatic carbocycles. The highest BCUT2D eigenvalue weighted by Crippen LogP contribution is 2.29. The van der Waals surface area contributed by atoms with E-state index < -0.39 is 23.4 Å². The van der Waals surface area contributed by atoms with Gasteiger partial charge in [-0.1, -0.05) is 0 Å². The number of hydrogen-bond acceptors (Lipinski definition) is 4. The molecule has 1 N–H and O–H groups in total. The maximum absolute atomic E-state index is 12.3. The zero-order chi connectivity index (χ0) is 16.1. The molecule has 0 spiro atoms. The second-order valence-corrected chi connectivity index (χ2v) is 5.16. The van der Waals surface area contributed by atoms with Crippen molar-refractivity contribution in [1.82, 2.24) is 10.3 Å². The van der Waals surface area contributed by atoms with Crippen LogP contribution in [0.5, 0.6) is 5.88 Å². The number of carbonyl (C=O) groups is 1. The van der Waals surface area contributed by atoms with Crippen LogP contribution in [0.4, 0.5) is 18.0 Å². The minimum Gasteiger partial charge on any atom is -0.476 e.